The minimum atomic E-state index is -0.552. The van der Waals surface area contributed by atoms with E-state index in [-0.39, 0.29) is 11.9 Å². The molecule has 110 valence electrons. The first-order valence-electron chi connectivity index (χ1n) is 7.60. The van der Waals surface area contributed by atoms with Crippen molar-refractivity contribution in [1.29, 1.82) is 0 Å². The van der Waals surface area contributed by atoms with Gasteiger partial charge in [-0.2, -0.15) is 0 Å². The van der Waals surface area contributed by atoms with Crippen molar-refractivity contribution in [3.8, 4) is 0 Å². The molecule has 20 heavy (non-hydrogen) atoms. The fourth-order valence-electron chi connectivity index (χ4n) is 3.70. The van der Waals surface area contributed by atoms with E-state index in [9.17, 15) is 4.79 Å². The molecule has 0 saturated heterocycles. The second-order valence-electron chi connectivity index (χ2n) is 6.36. The van der Waals surface area contributed by atoms with Crippen LogP contribution in [-0.2, 0) is 4.79 Å². The van der Waals surface area contributed by atoms with Gasteiger partial charge in [0.1, 0.15) is 5.54 Å². The Hall–Kier alpha value is -1.35. The number of benzene rings is 1. The Kier molecular flexibility index (Phi) is 4.48. The van der Waals surface area contributed by atoms with Crippen LogP contribution in [0.1, 0.15) is 51.6 Å². The van der Waals surface area contributed by atoms with Gasteiger partial charge in [0, 0.05) is 6.04 Å². The zero-order valence-corrected chi connectivity index (χ0v) is 12.7. The van der Waals surface area contributed by atoms with Gasteiger partial charge < -0.3 is 5.73 Å². The summed E-state index contributed by atoms with van der Waals surface area (Å²) in [5.74, 6) is 0.586. The number of primary amides is 1. The number of carbonyl (C=O) groups is 1. The average Bonchev–Trinajstić information content (AvgIpc) is 2.85. The van der Waals surface area contributed by atoms with Gasteiger partial charge in [-0.1, -0.05) is 50.6 Å². The number of rotatable bonds is 5. The lowest BCUT2D eigenvalue weighted by Crippen LogP contribution is -2.59. The molecule has 1 aliphatic carbocycles. The number of hydrogen-bond acceptors (Lipinski definition) is 2. The fourth-order valence-corrected chi connectivity index (χ4v) is 3.70. The van der Waals surface area contributed by atoms with E-state index >= 15 is 0 Å². The summed E-state index contributed by atoms with van der Waals surface area (Å²) < 4.78 is 0. The SMILES string of the molecule is CC(C)[C@H]1CCC[C@@]1(N[C@H](C)c1ccccc1)C(N)=O. The highest BCUT2D eigenvalue weighted by Gasteiger charge is 2.49. The molecular weight excluding hydrogens is 248 g/mol. The van der Waals surface area contributed by atoms with Gasteiger partial charge in [0.2, 0.25) is 5.91 Å². The molecule has 3 atom stereocenters. The lowest BCUT2D eigenvalue weighted by atomic mass is 9.78. The Morgan fingerprint density at radius 3 is 2.50 bits per heavy atom. The lowest BCUT2D eigenvalue weighted by molar-refractivity contribution is -0.127. The van der Waals surface area contributed by atoms with E-state index in [1.54, 1.807) is 0 Å². The molecule has 1 saturated carbocycles. The van der Waals surface area contributed by atoms with Crippen molar-refractivity contribution in [2.24, 2.45) is 17.6 Å². The highest BCUT2D eigenvalue weighted by molar-refractivity contribution is 5.85. The van der Waals surface area contributed by atoms with Crippen molar-refractivity contribution in [2.75, 3.05) is 0 Å². The summed E-state index contributed by atoms with van der Waals surface area (Å²) in [6.45, 7) is 6.47. The maximum absolute atomic E-state index is 12.2. The Bertz CT molecular complexity index is 457. The maximum Gasteiger partial charge on any atom is 0.238 e. The zero-order valence-electron chi connectivity index (χ0n) is 12.7. The summed E-state index contributed by atoms with van der Waals surface area (Å²) in [7, 11) is 0. The third-order valence-electron chi connectivity index (χ3n) is 4.74. The van der Waals surface area contributed by atoms with E-state index in [4.69, 9.17) is 5.73 Å². The minimum absolute atomic E-state index is 0.128. The van der Waals surface area contributed by atoms with Gasteiger partial charge in [0.25, 0.3) is 0 Å². The van der Waals surface area contributed by atoms with Crippen LogP contribution >= 0.6 is 0 Å². The molecule has 3 nitrogen and oxygen atoms in total. The maximum atomic E-state index is 12.2. The third-order valence-corrected chi connectivity index (χ3v) is 4.74. The molecule has 2 rings (SSSR count). The quantitative estimate of drug-likeness (QED) is 0.867. The van der Waals surface area contributed by atoms with Crippen LogP contribution in [0.15, 0.2) is 30.3 Å². The summed E-state index contributed by atoms with van der Waals surface area (Å²) in [4.78, 5) is 12.2. The van der Waals surface area contributed by atoms with Crippen molar-refractivity contribution in [1.82, 2.24) is 5.32 Å². The summed E-state index contributed by atoms with van der Waals surface area (Å²) in [6.07, 6.45) is 3.00. The monoisotopic (exact) mass is 274 g/mol. The topological polar surface area (TPSA) is 55.1 Å². The average molecular weight is 274 g/mol. The van der Waals surface area contributed by atoms with Gasteiger partial charge in [-0.3, -0.25) is 10.1 Å². The Morgan fingerprint density at radius 2 is 1.95 bits per heavy atom. The summed E-state index contributed by atoms with van der Waals surface area (Å²) in [6, 6.07) is 10.4. The largest absolute Gasteiger partial charge is 0.368 e. The molecule has 1 aromatic carbocycles. The van der Waals surface area contributed by atoms with Gasteiger partial charge in [-0.05, 0) is 37.2 Å². The lowest BCUT2D eigenvalue weighted by Gasteiger charge is -2.38. The first-order valence-corrected chi connectivity index (χ1v) is 7.60. The van der Waals surface area contributed by atoms with Gasteiger partial charge in [0.05, 0.1) is 0 Å². The molecule has 0 radical (unpaired) electrons. The second-order valence-corrected chi connectivity index (χ2v) is 6.36. The van der Waals surface area contributed by atoms with Crippen LogP contribution in [-0.4, -0.2) is 11.4 Å². The predicted octanol–water partition coefficient (Wildman–Crippen LogP) is 3.02. The molecule has 1 aliphatic rings. The van der Waals surface area contributed by atoms with Crippen molar-refractivity contribution >= 4 is 5.91 Å². The molecule has 0 aromatic heterocycles. The van der Waals surface area contributed by atoms with E-state index in [1.807, 2.05) is 18.2 Å². The molecule has 1 fully saturated rings. The number of hydrogen-bond donors (Lipinski definition) is 2. The Balaban J connectivity index is 2.24. The van der Waals surface area contributed by atoms with Gasteiger partial charge in [-0.15, -0.1) is 0 Å². The fraction of sp³-hybridized carbons (Fsp3) is 0.588. The molecule has 1 aromatic rings. The number of amides is 1. The molecule has 0 bridgehead atoms. The molecule has 0 aliphatic heterocycles. The van der Waals surface area contributed by atoms with Crippen molar-refractivity contribution in [2.45, 2.75) is 51.6 Å². The van der Waals surface area contributed by atoms with Crippen LogP contribution in [0.5, 0.6) is 0 Å². The van der Waals surface area contributed by atoms with Crippen molar-refractivity contribution in [3.05, 3.63) is 35.9 Å². The first-order chi connectivity index (χ1) is 9.47. The first kappa shape index (κ1) is 15.0. The number of nitrogens with one attached hydrogen (secondary N) is 1. The second kappa shape index (κ2) is 5.96. The summed E-state index contributed by atoms with van der Waals surface area (Å²) in [5, 5.41) is 3.56. The Morgan fingerprint density at radius 1 is 1.30 bits per heavy atom. The zero-order chi connectivity index (χ0) is 14.8. The highest BCUT2D eigenvalue weighted by Crippen LogP contribution is 2.41. The van der Waals surface area contributed by atoms with Crippen LogP contribution in [0.25, 0.3) is 0 Å². The van der Waals surface area contributed by atoms with Crippen LogP contribution < -0.4 is 11.1 Å². The summed E-state index contributed by atoms with van der Waals surface area (Å²) >= 11 is 0. The predicted molar refractivity (Wildman–Crippen MR) is 82.1 cm³/mol. The van der Waals surface area contributed by atoms with E-state index in [0.717, 1.165) is 19.3 Å². The van der Waals surface area contributed by atoms with E-state index in [0.29, 0.717) is 11.8 Å². The van der Waals surface area contributed by atoms with Crippen molar-refractivity contribution in [3.63, 3.8) is 0 Å². The van der Waals surface area contributed by atoms with Gasteiger partial charge in [0.15, 0.2) is 0 Å². The molecule has 3 N–H and O–H groups in total. The van der Waals surface area contributed by atoms with Crippen LogP contribution in [0, 0.1) is 11.8 Å². The van der Waals surface area contributed by atoms with Crippen LogP contribution in [0.2, 0.25) is 0 Å². The van der Waals surface area contributed by atoms with Crippen molar-refractivity contribution < 1.29 is 4.79 Å². The third kappa shape index (κ3) is 2.73. The molecular formula is C17H26N2O. The molecule has 0 spiro atoms. The molecule has 0 unspecified atom stereocenters. The van der Waals surface area contributed by atoms with Gasteiger partial charge >= 0.3 is 0 Å². The Labute approximate surface area is 121 Å². The number of carbonyl (C=O) groups excluding carboxylic acids is 1. The number of nitrogens with two attached hydrogens (primary N) is 1. The summed E-state index contributed by atoms with van der Waals surface area (Å²) in [5.41, 5.74) is 6.43. The molecule has 3 heteroatoms. The van der Waals surface area contributed by atoms with Crippen LogP contribution in [0.3, 0.4) is 0 Å². The van der Waals surface area contributed by atoms with E-state index in [1.165, 1.54) is 5.56 Å². The standard InChI is InChI=1S/C17H26N2O/c1-12(2)15-10-7-11-17(15,16(18)20)19-13(3)14-8-5-4-6-9-14/h4-6,8-9,12-13,15,19H,7,10-11H2,1-3H3,(H2,18,20)/t13-,15-,17+/m1/s1. The normalized spacial score (nSPS) is 27.7. The minimum Gasteiger partial charge on any atom is -0.368 e. The highest BCUT2D eigenvalue weighted by atomic mass is 16.1. The molecule has 0 heterocycles. The molecule has 1 amide bonds. The van der Waals surface area contributed by atoms with E-state index < -0.39 is 5.54 Å². The van der Waals surface area contributed by atoms with Crippen LogP contribution in [0.4, 0.5) is 0 Å². The van der Waals surface area contributed by atoms with Gasteiger partial charge in [-0.25, -0.2) is 0 Å². The smallest absolute Gasteiger partial charge is 0.238 e. The van der Waals surface area contributed by atoms with E-state index in [2.05, 4.69) is 38.2 Å².